The van der Waals surface area contributed by atoms with Gasteiger partial charge in [0.1, 0.15) is 13.2 Å². The lowest BCUT2D eigenvalue weighted by atomic mass is 10.0. The van der Waals surface area contributed by atoms with Crippen molar-refractivity contribution in [1.29, 1.82) is 0 Å². The first-order valence-corrected chi connectivity index (χ1v) is 24.1. The van der Waals surface area contributed by atoms with E-state index in [-0.39, 0.29) is 31.1 Å². The van der Waals surface area contributed by atoms with Crippen LogP contribution >= 0.6 is 0 Å². The zero-order valence-electron chi connectivity index (χ0n) is 37.6. The van der Waals surface area contributed by atoms with Gasteiger partial charge in [-0.15, -0.1) is 0 Å². The zero-order chi connectivity index (χ0) is 41.5. The predicted octanol–water partition coefficient (Wildman–Crippen LogP) is 15.5. The average molecular weight is 799 g/mol. The molecule has 0 aliphatic rings. The van der Waals surface area contributed by atoms with E-state index in [9.17, 15) is 14.4 Å². The summed E-state index contributed by atoms with van der Waals surface area (Å²) in [6.07, 6.45) is 54.5. The third kappa shape index (κ3) is 44.3. The van der Waals surface area contributed by atoms with E-state index in [1.165, 1.54) is 109 Å². The lowest BCUT2D eigenvalue weighted by Gasteiger charge is -2.18. The van der Waals surface area contributed by atoms with Crippen LogP contribution in [0.15, 0.2) is 48.6 Å². The van der Waals surface area contributed by atoms with Crippen molar-refractivity contribution in [2.24, 2.45) is 0 Å². The molecule has 0 fully saturated rings. The van der Waals surface area contributed by atoms with Crippen LogP contribution in [0.2, 0.25) is 0 Å². The number of ether oxygens (including phenoxy) is 3. The van der Waals surface area contributed by atoms with Crippen molar-refractivity contribution in [2.45, 2.75) is 245 Å². The van der Waals surface area contributed by atoms with Crippen LogP contribution < -0.4 is 0 Å². The SMILES string of the molecule is CC/C=C\C/C=C\C/C=C\C/C=C\CCCCCCCCCCCCCCCCC(=O)OCC(COC(=O)CCCCCCC)OC(=O)CCCCCCCCC. The van der Waals surface area contributed by atoms with Gasteiger partial charge in [-0.2, -0.15) is 0 Å². The Balaban J connectivity index is 3.91. The number of rotatable bonds is 43. The molecule has 1 atom stereocenters. The summed E-state index contributed by atoms with van der Waals surface area (Å²) in [5, 5.41) is 0. The van der Waals surface area contributed by atoms with E-state index in [2.05, 4.69) is 69.4 Å². The van der Waals surface area contributed by atoms with Crippen molar-refractivity contribution in [3.8, 4) is 0 Å². The van der Waals surface area contributed by atoms with Crippen LogP contribution in [-0.2, 0) is 28.6 Å². The van der Waals surface area contributed by atoms with Crippen molar-refractivity contribution in [3.05, 3.63) is 48.6 Å². The van der Waals surface area contributed by atoms with Crippen LogP contribution in [0.25, 0.3) is 0 Å². The average Bonchev–Trinajstić information content (AvgIpc) is 3.21. The largest absolute Gasteiger partial charge is 0.462 e. The molecular formula is C51H90O6. The molecule has 0 radical (unpaired) electrons. The van der Waals surface area contributed by atoms with Gasteiger partial charge in [0.15, 0.2) is 6.10 Å². The van der Waals surface area contributed by atoms with Crippen LogP contribution in [0.3, 0.4) is 0 Å². The highest BCUT2D eigenvalue weighted by Crippen LogP contribution is 2.15. The summed E-state index contributed by atoms with van der Waals surface area (Å²) in [5.41, 5.74) is 0. The molecule has 0 amide bonds. The molecule has 0 saturated heterocycles. The molecule has 6 nitrogen and oxygen atoms in total. The Hall–Kier alpha value is -2.63. The van der Waals surface area contributed by atoms with E-state index in [0.717, 1.165) is 89.9 Å². The van der Waals surface area contributed by atoms with Gasteiger partial charge in [0.25, 0.3) is 0 Å². The quantitative estimate of drug-likeness (QED) is 0.0265. The van der Waals surface area contributed by atoms with Crippen LogP contribution in [-0.4, -0.2) is 37.2 Å². The topological polar surface area (TPSA) is 78.9 Å². The van der Waals surface area contributed by atoms with Crippen molar-refractivity contribution >= 4 is 17.9 Å². The van der Waals surface area contributed by atoms with Crippen molar-refractivity contribution in [1.82, 2.24) is 0 Å². The number of carbonyl (C=O) groups excluding carboxylic acids is 3. The van der Waals surface area contributed by atoms with E-state index in [4.69, 9.17) is 14.2 Å². The number of hydrogen-bond donors (Lipinski definition) is 0. The Morgan fingerprint density at radius 1 is 0.368 bits per heavy atom. The maximum absolute atomic E-state index is 12.5. The monoisotopic (exact) mass is 799 g/mol. The fourth-order valence-corrected chi connectivity index (χ4v) is 6.73. The second kappa shape index (κ2) is 46.1. The minimum absolute atomic E-state index is 0.0714. The maximum Gasteiger partial charge on any atom is 0.306 e. The summed E-state index contributed by atoms with van der Waals surface area (Å²) in [6.45, 7) is 6.39. The van der Waals surface area contributed by atoms with E-state index in [1.807, 2.05) is 0 Å². The Morgan fingerprint density at radius 2 is 0.684 bits per heavy atom. The molecule has 330 valence electrons. The Labute approximate surface area is 352 Å². The summed E-state index contributed by atoms with van der Waals surface area (Å²) in [7, 11) is 0. The molecule has 0 saturated carbocycles. The normalized spacial score (nSPS) is 12.4. The number of allylic oxidation sites excluding steroid dienone is 8. The fraction of sp³-hybridized carbons (Fsp3) is 0.784. The van der Waals surface area contributed by atoms with Crippen LogP contribution in [0.5, 0.6) is 0 Å². The first kappa shape index (κ1) is 54.4. The molecule has 0 spiro atoms. The standard InChI is InChI=1S/C51H90O6/c1-4-7-10-13-15-16-17-18-19-20-21-22-23-24-25-26-27-28-29-30-31-32-33-34-36-38-41-44-50(53)56-47-48(46-55-49(52)43-40-37-12-9-6-3)57-51(54)45-42-39-35-14-11-8-5-2/h7,10,15-16,18-19,21-22,48H,4-6,8-9,11-14,17,20,23-47H2,1-3H3/b10-7-,16-15-,19-18-,22-21-. The molecular weight excluding hydrogens is 709 g/mol. The van der Waals surface area contributed by atoms with Gasteiger partial charge in [0.05, 0.1) is 0 Å². The molecule has 0 aromatic heterocycles. The molecule has 0 heterocycles. The van der Waals surface area contributed by atoms with Gasteiger partial charge in [-0.1, -0.05) is 211 Å². The van der Waals surface area contributed by atoms with E-state index in [1.54, 1.807) is 0 Å². The van der Waals surface area contributed by atoms with Gasteiger partial charge in [0.2, 0.25) is 0 Å². The van der Waals surface area contributed by atoms with Crippen LogP contribution in [0.1, 0.15) is 239 Å². The van der Waals surface area contributed by atoms with Gasteiger partial charge in [-0.25, -0.2) is 0 Å². The Morgan fingerprint density at radius 3 is 1.07 bits per heavy atom. The molecule has 0 aromatic carbocycles. The van der Waals surface area contributed by atoms with Gasteiger partial charge in [-0.3, -0.25) is 14.4 Å². The minimum Gasteiger partial charge on any atom is -0.462 e. The van der Waals surface area contributed by atoms with Gasteiger partial charge in [0, 0.05) is 19.3 Å². The molecule has 0 aliphatic heterocycles. The van der Waals surface area contributed by atoms with Gasteiger partial charge in [-0.05, 0) is 57.8 Å². The molecule has 0 rings (SSSR count). The highest BCUT2D eigenvalue weighted by atomic mass is 16.6. The fourth-order valence-electron chi connectivity index (χ4n) is 6.73. The zero-order valence-corrected chi connectivity index (χ0v) is 37.6. The van der Waals surface area contributed by atoms with Crippen molar-refractivity contribution in [2.75, 3.05) is 13.2 Å². The summed E-state index contributed by atoms with van der Waals surface area (Å²) in [6, 6.07) is 0. The second-order valence-corrected chi connectivity index (χ2v) is 16.0. The molecule has 57 heavy (non-hydrogen) atoms. The first-order valence-electron chi connectivity index (χ1n) is 24.1. The van der Waals surface area contributed by atoms with Crippen molar-refractivity contribution < 1.29 is 28.6 Å². The molecule has 0 N–H and O–H groups in total. The lowest BCUT2D eigenvalue weighted by Crippen LogP contribution is -2.30. The maximum atomic E-state index is 12.5. The third-order valence-electron chi connectivity index (χ3n) is 10.3. The predicted molar refractivity (Wildman–Crippen MR) is 242 cm³/mol. The van der Waals surface area contributed by atoms with E-state index < -0.39 is 6.10 Å². The first-order chi connectivity index (χ1) is 28.0. The van der Waals surface area contributed by atoms with Gasteiger partial charge < -0.3 is 14.2 Å². The third-order valence-corrected chi connectivity index (χ3v) is 10.3. The smallest absolute Gasteiger partial charge is 0.306 e. The highest BCUT2D eigenvalue weighted by molar-refractivity contribution is 5.71. The van der Waals surface area contributed by atoms with Gasteiger partial charge >= 0.3 is 17.9 Å². The number of hydrogen-bond acceptors (Lipinski definition) is 6. The highest BCUT2D eigenvalue weighted by Gasteiger charge is 2.19. The number of esters is 3. The van der Waals surface area contributed by atoms with Crippen molar-refractivity contribution in [3.63, 3.8) is 0 Å². The summed E-state index contributed by atoms with van der Waals surface area (Å²) < 4.78 is 16.5. The summed E-state index contributed by atoms with van der Waals surface area (Å²) >= 11 is 0. The molecule has 0 aliphatic carbocycles. The number of carbonyl (C=O) groups is 3. The summed E-state index contributed by atoms with van der Waals surface area (Å²) in [5.74, 6) is -0.891. The molecule has 1 unspecified atom stereocenters. The minimum atomic E-state index is -0.762. The lowest BCUT2D eigenvalue weighted by molar-refractivity contribution is -0.167. The molecule has 6 heteroatoms. The van der Waals surface area contributed by atoms with Crippen LogP contribution in [0.4, 0.5) is 0 Å². The summed E-state index contributed by atoms with van der Waals surface area (Å²) in [4.78, 5) is 37.3. The van der Waals surface area contributed by atoms with E-state index >= 15 is 0 Å². The molecule has 0 bridgehead atoms. The Kier molecular flexibility index (Phi) is 43.9. The molecule has 0 aromatic rings. The van der Waals surface area contributed by atoms with Crippen LogP contribution in [0, 0.1) is 0 Å². The Bertz CT molecular complexity index is 1010. The second-order valence-electron chi connectivity index (χ2n) is 16.0. The number of unbranched alkanes of at least 4 members (excludes halogenated alkanes) is 24. The van der Waals surface area contributed by atoms with E-state index in [0.29, 0.717) is 19.3 Å².